The second kappa shape index (κ2) is 8.93. The third-order valence-corrected chi connectivity index (χ3v) is 4.87. The molecule has 6 nitrogen and oxygen atoms in total. The van der Waals surface area contributed by atoms with Crippen molar-refractivity contribution in [2.24, 2.45) is 0 Å². The summed E-state index contributed by atoms with van der Waals surface area (Å²) in [6, 6.07) is 19.0. The van der Waals surface area contributed by atoms with Crippen molar-refractivity contribution in [1.82, 2.24) is 0 Å². The molecule has 0 aliphatic carbocycles. The molecule has 0 aliphatic heterocycles. The van der Waals surface area contributed by atoms with Crippen LogP contribution in [0.15, 0.2) is 82.2 Å². The average Bonchev–Trinajstić information content (AvgIpc) is 2.77. The number of nitrogens with one attached hydrogen (secondary N) is 1. The van der Waals surface area contributed by atoms with Gasteiger partial charge in [0.15, 0.2) is 6.61 Å². The fourth-order valence-corrected chi connectivity index (χ4v) is 3.12. The van der Waals surface area contributed by atoms with Gasteiger partial charge in [0.05, 0.1) is 10.4 Å². The van der Waals surface area contributed by atoms with Crippen LogP contribution in [0.3, 0.4) is 0 Å². The van der Waals surface area contributed by atoms with Gasteiger partial charge in [-0.1, -0.05) is 41.9 Å². The third-order valence-electron chi connectivity index (χ3n) is 4.56. The van der Waals surface area contributed by atoms with Crippen molar-refractivity contribution >= 4 is 34.2 Å². The molecular formula is C24H18ClNO5. The third kappa shape index (κ3) is 4.70. The van der Waals surface area contributed by atoms with Gasteiger partial charge in [-0.3, -0.25) is 9.59 Å². The molecule has 0 radical (unpaired) electrons. The average molecular weight is 436 g/mol. The first-order valence-electron chi connectivity index (χ1n) is 9.47. The molecule has 31 heavy (non-hydrogen) atoms. The zero-order valence-corrected chi connectivity index (χ0v) is 17.3. The molecule has 156 valence electrons. The molecule has 4 rings (SSSR count). The van der Waals surface area contributed by atoms with E-state index in [1.807, 2.05) is 31.2 Å². The highest BCUT2D eigenvalue weighted by molar-refractivity contribution is 6.32. The van der Waals surface area contributed by atoms with Gasteiger partial charge >= 0.3 is 0 Å². The standard InChI is InChI=1S/C24H18ClNO5/c1-15-6-2-4-8-19(15)26-23(27)14-29-16-10-11-17-21(12-16)30-13-22(24(17)28)31-20-9-5-3-7-18(20)25/h2-13H,14H2,1H3,(H,26,27). The van der Waals surface area contributed by atoms with E-state index in [1.165, 1.54) is 6.26 Å². The van der Waals surface area contributed by atoms with E-state index in [2.05, 4.69) is 5.32 Å². The molecule has 0 unspecified atom stereocenters. The zero-order valence-electron chi connectivity index (χ0n) is 16.6. The number of aryl methyl sites for hydroxylation is 1. The first kappa shape index (κ1) is 20.5. The Kier molecular flexibility index (Phi) is 5.91. The van der Waals surface area contributed by atoms with Crippen LogP contribution in [0.4, 0.5) is 5.69 Å². The Balaban J connectivity index is 1.47. The molecule has 4 aromatic rings. The molecule has 0 spiro atoms. The predicted molar refractivity (Wildman–Crippen MR) is 119 cm³/mol. The number of hydrogen-bond donors (Lipinski definition) is 1. The maximum absolute atomic E-state index is 12.7. The molecule has 1 heterocycles. The Morgan fingerprint density at radius 1 is 1.03 bits per heavy atom. The van der Waals surface area contributed by atoms with E-state index in [0.29, 0.717) is 27.5 Å². The number of amides is 1. The summed E-state index contributed by atoms with van der Waals surface area (Å²) in [4.78, 5) is 24.9. The molecule has 0 atom stereocenters. The van der Waals surface area contributed by atoms with Gasteiger partial charge in [0.1, 0.15) is 23.3 Å². The van der Waals surface area contributed by atoms with E-state index in [4.69, 9.17) is 25.5 Å². The van der Waals surface area contributed by atoms with E-state index >= 15 is 0 Å². The van der Waals surface area contributed by atoms with Crippen LogP contribution >= 0.6 is 11.6 Å². The van der Waals surface area contributed by atoms with Gasteiger partial charge in [-0.2, -0.15) is 0 Å². The Hall–Kier alpha value is -3.77. The minimum atomic E-state index is -0.343. The number of para-hydroxylation sites is 2. The van der Waals surface area contributed by atoms with E-state index in [1.54, 1.807) is 42.5 Å². The molecule has 1 amide bonds. The molecule has 0 saturated heterocycles. The lowest BCUT2D eigenvalue weighted by Crippen LogP contribution is -2.20. The minimum absolute atomic E-state index is 0.0203. The van der Waals surface area contributed by atoms with Crippen molar-refractivity contribution in [3.05, 3.63) is 93.8 Å². The van der Waals surface area contributed by atoms with Gasteiger partial charge in [0.2, 0.25) is 11.2 Å². The summed E-state index contributed by atoms with van der Waals surface area (Å²) < 4.78 is 16.7. The summed E-state index contributed by atoms with van der Waals surface area (Å²) >= 11 is 6.08. The van der Waals surface area contributed by atoms with Gasteiger partial charge in [0, 0.05) is 11.8 Å². The van der Waals surface area contributed by atoms with Crippen LogP contribution in [0, 0.1) is 6.92 Å². The number of benzene rings is 3. The first-order valence-corrected chi connectivity index (χ1v) is 9.85. The van der Waals surface area contributed by atoms with E-state index in [9.17, 15) is 9.59 Å². The van der Waals surface area contributed by atoms with Crippen molar-refractivity contribution in [3.8, 4) is 17.2 Å². The Morgan fingerprint density at radius 2 is 1.81 bits per heavy atom. The molecule has 0 fully saturated rings. The van der Waals surface area contributed by atoms with Gasteiger partial charge in [-0.05, 0) is 42.8 Å². The second-order valence-electron chi connectivity index (χ2n) is 6.77. The van der Waals surface area contributed by atoms with Gasteiger partial charge in [-0.15, -0.1) is 0 Å². The number of ether oxygens (including phenoxy) is 2. The smallest absolute Gasteiger partial charge is 0.262 e. The lowest BCUT2D eigenvalue weighted by molar-refractivity contribution is -0.118. The number of anilines is 1. The van der Waals surface area contributed by atoms with Crippen LogP contribution in [0.25, 0.3) is 11.0 Å². The molecule has 3 aromatic carbocycles. The van der Waals surface area contributed by atoms with Crippen LogP contribution in [0.2, 0.25) is 5.02 Å². The van der Waals surface area contributed by atoms with Crippen molar-refractivity contribution < 1.29 is 18.7 Å². The molecule has 0 aliphatic rings. The first-order chi connectivity index (χ1) is 15.0. The highest BCUT2D eigenvalue weighted by atomic mass is 35.5. The van der Waals surface area contributed by atoms with E-state index in [0.717, 1.165) is 11.3 Å². The van der Waals surface area contributed by atoms with Crippen molar-refractivity contribution in [1.29, 1.82) is 0 Å². The van der Waals surface area contributed by atoms with Gasteiger partial charge in [0.25, 0.3) is 5.91 Å². The fraction of sp³-hybridized carbons (Fsp3) is 0.0833. The lowest BCUT2D eigenvalue weighted by Gasteiger charge is -2.10. The SMILES string of the molecule is Cc1ccccc1NC(=O)COc1ccc2c(=O)c(Oc3ccccc3Cl)coc2c1. The number of carbonyl (C=O) groups excluding carboxylic acids is 1. The van der Waals surface area contributed by atoms with Gasteiger partial charge in [-0.25, -0.2) is 0 Å². The summed E-state index contributed by atoms with van der Waals surface area (Å²) in [6.45, 7) is 1.73. The van der Waals surface area contributed by atoms with E-state index < -0.39 is 0 Å². The van der Waals surface area contributed by atoms with Crippen molar-refractivity contribution in [2.45, 2.75) is 6.92 Å². The van der Waals surface area contributed by atoms with Crippen LogP contribution in [0.5, 0.6) is 17.2 Å². The fourth-order valence-electron chi connectivity index (χ4n) is 2.95. The summed E-state index contributed by atoms with van der Waals surface area (Å²) in [7, 11) is 0. The number of hydrogen-bond acceptors (Lipinski definition) is 5. The molecular weight excluding hydrogens is 418 g/mol. The normalized spacial score (nSPS) is 10.6. The maximum Gasteiger partial charge on any atom is 0.262 e. The molecule has 7 heteroatoms. The molecule has 1 N–H and O–H groups in total. The number of fused-ring (bicyclic) bond motifs is 1. The molecule has 1 aromatic heterocycles. The molecule has 0 bridgehead atoms. The summed E-state index contributed by atoms with van der Waals surface area (Å²) in [5.74, 6) is 0.483. The van der Waals surface area contributed by atoms with Crippen molar-refractivity contribution in [2.75, 3.05) is 11.9 Å². The maximum atomic E-state index is 12.7. The van der Waals surface area contributed by atoms with Crippen LogP contribution in [-0.2, 0) is 4.79 Å². The minimum Gasteiger partial charge on any atom is -0.484 e. The number of rotatable bonds is 6. The van der Waals surface area contributed by atoms with Crippen LogP contribution < -0.4 is 20.2 Å². The highest BCUT2D eigenvalue weighted by Crippen LogP contribution is 2.29. The van der Waals surface area contributed by atoms with E-state index in [-0.39, 0.29) is 23.7 Å². The zero-order chi connectivity index (χ0) is 21.8. The Labute approximate surface area is 183 Å². The number of halogens is 1. The summed E-state index contributed by atoms with van der Waals surface area (Å²) in [5, 5.41) is 3.50. The van der Waals surface area contributed by atoms with Crippen LogP contribution in [0.1, 0.15) is 5.56 Å². The lowest BCUT2D eigenvalue weighted by atomic mass is 10.2. The Morgan fingerprint density at radius 3 is 2.61 bits per heavy atom. The predicted octanol–water partition coefficient (Wildman–Crippen LogP) is 5.56. The topological polar surface area (TPSA) is 77.8 Å². The largest absolute Gasteiger partial charge is 0.484 e. The summed E-state index contributed by atoms with van der Waals surface area (Å²) in [6.07, 6.45) is 1.22. The van der Waals surface area contributed by atoms with Gasteiger partial charge < -0.3 is 19.2 Å². The van der Waals surface area contributed by atoms with Crippen LogP contribution in [-0.4, -0.2) is 12.5 Å². The molecule has 0 saturated carbocycles. The number of carbonyl (C=O) groups is 1. The highest BCUT2D eigenvalue weighted by Gasteiger charge is 2.12. The monoisotopic (exact) mass is 435 g/mol. The van der Waals surface area contributed by atoms with Crippen molar-refractivity contribution in [3.63, 3.8) is 0 Å². The summed E-state index contributed by atoms with van der Waals surface area (Å²) in [5.41, 5.74) is 1.66. The Bertz CT molecular complexity index is 1310. The quantitative estimate of drug-likeness (QED) is 0.428. The second-order valence-corrected chi connectivity index (χ2v) is 7.18.